The number of aryl methyl sites for hydroxylation is 1. The molecule has 0 bridgehead atoms. The third-order valence-electron chi connectivity index (χ3n) is 4.24. The molecule has 29 heavy (non-hydrogen) atoms. The molecule has 0 fully saturated rings. The summed E-state index contributed by atoms with van der Waals surface area (Å²) in [6, 6.07) is 12.1. The summed E-state index contributed by atoms with van der Waals surface area (Å²) in [5.41, 5.74) is 2.83. The average molecular weight is 477 g/mol. The second-order valence-corrected chi connectivity index (χ2v) is 7.09. The van der Waals surface area contributed by atoms with E-state index in [1.165, 1.54) is 6.20 Å². The molecule has 0 N–H and O–H groups in total. The highest BCUT2D eigenvalue weighted by atomic mass is 79.9. The fourth-order valence-electron chi connectivity index (χ4n) is 2.72. The Balaban J connectivity index is 0.00000300. The molecule has 8 nitrogen and oxygen atoms in total. The summed E-state index contributed by atoms with van der Waals surface area (Å²) in [5, 5.41) is 19.2. The summed E-state index contributed by atoms with van der Waals surface area (Å²) in [4.78, 5) is 16.4. The molecule has 0 unspecified atom stereocenters. The van der Waals surface area contributed by atoms with E-state index in [1.807, 2.05) is 37.3 Å². The predicted octanol–water partition coefficient (Wildman–Crippen LogP) is 1.59. The molecule has 152 valence electrons. The molecule has 0 saturated heterocycles. The van der Waals surface area contributed by atoms with Crippen molar-refractivity contribution in [3.05, 3.63) is 70.7 Å². The van der Waals surface area contributed by atoms with Crippen LogP contribution in [0.15, 0.2) is 65.2 Å². The SMILES string of the molecule is CCN(CC[n+]1ccccc1)c1ccc(/N=N/c2ncc([N+](=O)[O-])s2)c(C)c1.[Br-]. The fourth-order valence-corrected chi connectivity index (χ4v) is 3.28. The van der Waals surface area contributed by atoms with Crippen LogP contribution in [0.3, 0.4) is 0 Å². The molecule has 0 aliphatic carbocycles. The van der Waals surface area contributed by atoms with Crippen LogP contribution in [0.2, 0.25) is 0 Å². The lowest BCUT2D eigenvalue weighted by molar-refractivity contribution is -0.694. The zero-order valence-electron chi connectivity index (χ0n) is 16.1. The molecule has 2 aromatic heterocycles. The molecule has 1 aromatic carbocycles. The molecular weight excluding hydrogens is 456 g/mol. The standard InChI is InChI=1S/C19H21N6O2S.BrH/c1-3-24(12-11-23-9-5-4-6-10-23)16-7-8-17(15(2)13-16)21-22-19-20-14-18(28-19)25(26)27;/h4-10,13-14H,3,11-12H2,1-2H3;1H/q+1;/p-1/b22-21+;. The summed E-state index contributed by atoms with van der Waals surface area (Å²) in [6.45, 7) is 6.80. The van der Waals surface area contributed by atoms with Gasteiger partial charge >= 0.3 is 5.00 Å². The minimum absolute atomic E-state index is 0. The first-order valence-corrected chi connectivity index (χ1v) is 9.70. The van der Waals surface area contributed by atoms with Gasteiger partial charge in [-0.15, -0.1) is 10.2 Å². The highest BCUT2D eigenvalue weighted by molar-refractivity contribution is 7.18. The van der Waals surface area contributed by atoms with Gasteiger partial charge in [-0.25, -0.2) is 9.55 Å². The molecule has 3 rings (SSSR count). The molecule has 0 saturated carbocycles. The lowest BCUT2D eigenvalue weighted by atomic mass is 10.1. The number of hydrogen-bond donors (Lipinski definition) is 0. The maximum absolute atomic E-state index is 10.7. The molecule has 0 amide bonds. The number of nitro groups is 1. The number of pyridine rings is 1. The van der Waals surface area contributed by atoms with E-state index in [2.05, 4.69) is 50.1 Å². The van der Waals surface area contributed by atoms with E-state index in [9.17, 15) is 10.1 Å². The maximum atomic E-state index is 10.7. The quantitative estimate of drug-likeness (QED) is 0.213. The van der Waals surface area contributed by atoms with E-state index >= 15 is 0 Å². The van der Waals surface area contributed by atoms with Gasteiger partial charge in [0.05, 0.1) is 17.2 Å². The van der Waals surface area contributed by atoms with Crippen molar-refractivity contribution in [1.29, 1.82) is 0 Å². The summed E-state index contributed by atoms with van der Waals surface area (Å²) in [7, 11) is 0. The number of likely N-dealkylation sites (N-methyl/N-ethyl adjacent to an activating group) is 1. The van der Waals surface area contributed by atoms with Crippen LogP contribution in [-0.4, -0.2) is 23.0 Å². The Morgan fingerprint density at radius 2 is 2.00 bits per heavy atom. The molecule has 0 spiro atoms. The molecule has 10 heteroatoms. The minimum atomic E-state index is -0.482. The van der Waals surface area contributed by atoms with Crippen molar-refractivity contribution in [3.8, 4) is 0 Å². The second kappa shape index (κ2) is 10.7. The second-order valence-electron chi connectivity index (χ2n) is 6.10. The van der Waals surface area contributed by atoms with E-state index in [0.717, 1.165) is 47.9 Å². The average Bonchev–Trinajstić information content (AvgIpc) is 3.18. The van der Waals surface area contributed by atoms with Crippen molar-refractivity contribution in [3.63, 3.8) is 0 Å². The Morgan fingerprint density at radius 1 is 1.24 bits per heavy atom. The van der Waals surface area contributed by atoms with Crippen molar-refractivity contribution < 1.29 is 26.5 Å². The minimum Gasteiger partial charge on any atom is -1.00 e. The van der Waals surface area contributed by atoms with Gasteiger partial charge in [-0.1, -0.05) is 6.07 Å². The fraction of sp³-hybridized carbons (Fsp3) is 0.263. The number of aromatic nitrogens is 2. The van der Waals surface area contributed by atoms with Crippen molar-refractivity contribution in [2.45, 2.75) is 20.4 Å². The van der Waals surface area contributed by atoms with Crippen molar-refractivity contribution in [2.24, 2.45) is 10.2 Å². The Bertz CT molecular complexity index is 980. The van der Waals surface area contributed by atoms with E-state index in [0.29, 0.717) is 0 Å². The van der Waals surface area contributed by atoms with Gasteiger partial charge in [0.25, 0.3) is 0 Å². The van der Waals surface area contributed by atoms with Crippen LogP contribution in [0.5, 0.6) is 0 Å². The van der Waals surface area contributed by atoms with Crippen LogP contribution in [0, 0.1) is 17.0 Å². The molecule has 0 aliphatic rings. The van der Waals surface area contributed by atoms with Gasteiger partial charge in [-0.05, 0) is 48.9 Å². The van der Waals surface area contributed by atoms with Crippen LogP contribution < -0.4 is 26.4 Å². The Morgan fingerprint density at radius 3 is 2.62 bits per heavy atom. The smallest absolute Gasteiger partial charge is 0.345 e. The number of hydrogen-bond acceptors (Lipinski definition) is 7. The highest BCUT2D eigenvalue weighted by Crippen LogP contribution is 2.30. The molecule has 2 heterocycles. The number of rotatable bonds is 8. The maximum Gasteiger partial charge on any atom is 0.345 e. The number of halogens is 1. The van der Waals surface area contributed by atoms with Gasteiger partial charge in [-0.3, -0.25) is 10.1 Å². The summed E-state index contributed by atoms with van der Waals surface area (Å²) in [6.07, 6.45) is 5.32. The Kier molecular flexibility index (Phi) is 8.34. The first-order valence-electron chi connectivity index (χ1n) is 8.88. The lowest BCUT2D eigenvalue weighted by Gasteiger charge is -2.22. The van der Waals surface area contributed by atoms with Gasteiger partial charge in [0, 0.05) is 24.4 Å². The number of azo groups is 1. The Labute approximate surface area is 183 Å². The zero-order valence-corrected chi connectivity index (χ0v) is 18.5. The third-order valence-corrected chi connectivity index (χ3v) is 5.07. The summed E-state index contributed by atoms with van der Waals surface area (Å²) < 4.78 is 2.16. The summed E-state index contributed by atoms with van der Waals surface area (Å²) >= 11 is 0.901. The number of anilines is 1. The van der Waals surface area contributed by atoms with Gasteiger partial charge in [0.15, 0.2) is 18.9 Å². The third kappa shape index (κ3) is 6.13. The van der Waals surface area contributed by atoms with Crippen molar-refractivity contribution >= 4 is 32.8 Å². The van der Waals surface area contributed by atoms with E-state index in [1.54, 1.807) is 0 Å². The molecule has 0 atom stereocenters. The van der Waals surface area contributed by atoms with Gasteiger partial charge in [0.2, 0.25) is 5.13 Å². The first kappa shape index (κ1) is 22.6. The van der Waals surface area contributed by atoms with Gasteiger partial charge < -0.3 is 21.9 Å². The van der Waals surface area contributed by atoms with Crippen molar-refractivity contribution in [1.82, 2.24) is 4.98 Å². The first-order chi connectivity index (χ1) is 13.6. The van der Waals surface area contributed by atoms with E-state index < -0.39 is 4.92 Å². The van der Waals surface area contributed by atoms with E-state index in [-0.39, 0.29) is 27.1 Å². The van der Waals surface area contributed by atoms with Crippen LogP contribution in [-0.2, 0) is 6.54 Å². The molecular formula is C19H21BrN6O2S. The van der Waals surface area contributed by atoms with Crippen LogP contribution in [0.25, 0.3) is 0 Å². The largest absolute Gasteiger partial charge is 1.00 e. The van der Waals surface area contributed by atoms with Crippen LogP contribution in [0.1, 0.15) is 12.5 Å². The van der Waals surface area contributed by atoms with Gasteiger partial charge in [0.1, 0.15) is 6.20 Å². The normalized spacial score (nSPS) is 10.7. The molecule has 3 aromatic rings. The monoisotopic (exact) mass is 476 g/mol. The number of nitrogens with zero attached hydrogens (tertiary/aromatic N) is 6. The van der Waals surface area contributed by atoms with Crippen LogP contribution in [0.4, 0.5) is 21.5 Å². The molecule has 0 aliphatic heterocycles. The summed E-state index contributed by atoms with van der Waals surface area (Å²) in [5.74, 6) is 0. The zero-order chi connectivity index (χ0) is 19.9. The number of thiazole rings is 1. The topological polar surface area (TPSA) is 87.9 Å². The van der Waals surface area contributed by atoms with Crippen molar-refractivity contribution in [2.75, 3.05) is 18.0 Å². The number of benzene rings is 1. The molecule has 0 radical (unpaired) electrons. The predicted molar refractivity (Wildman–Crippen MR) is 109 cm³/mol. The van der Waals surface area contributed by atoms with Gasteiger partial charge in [-0.2, -0.15) is 0 Å². The van der Waals surface area contributed by atoms with E-state index in [4.69, 9.17) is 0 Å². The Hall–Kier alpha value is -2.72. The highest BCUT2D eigenvalue weighted by Gasteiger charge is 2.12. The van der Waals surface area contributed by atoms with Crippen LogP contribution >= 0.6 is 11.3 Å². The lowest BCUT2D eigenvalue weighted by Crippen LogP contribution is -3.00.